The Balaban J connectivity index is 1.51. The number of benzene rings is 2. The van der Waals surface area contributed by atoms with Gasteiger partial charge in [0.2, 0.25) is 27.6 Å². The van der Waals surface area contributed by atoms with E-state index in [-0.39, 0.29) is 36.9 Å². The first-order valence-corrected chi connectivity index (χ1v) is 11.5. The first-order chi connectivity index (χ1) is 15.3. The van der Waals surface area contributed by atoms with E-state index in [0.29, 0.717) is 34.1 Å². The summed E-state index contributed by atoms with van der Waals surface area (Å²) in [5.41, 5.74) is 2.24. The summed E-state index contributed by atoms with van der Waals surface area (Å²) in [6.45, 7) is 5.29. The van der Waals surface area contributed by atoms with Crippen LogP contribution >= 0.6 is 0 Å². The van der Waals surface area contributed by atoms with Crippen molar-refractivity contribution >= 4 is 21.6 Å². The topological polar surface area (TPSA) is 114 Å². The predicted molar refractivity (Wildman–Crippen MR) is 119 cm³/mol. The van der Waals surface area contributed by atoms with Crippen molar-refractivity contribution in [2.75, 3.05) is 11.9 Å². The highest BCUT2D eigenvalue weighted by Gasteiger charge is 2.13. The fourth-order valence-corrected chi connectivity index (χ4v) is 3.95. The van der Waals surface area contributed by atoms with Crippen LogP contribution in [0.15, 0.2) is 59.6 Å². The average Bonchev–Trinajstić information content (AvgIpc) is 3.23. The van der Waals surface area contributed by atoms with E-state index in [0.717, 1.165) is 0 Å². The monoisotopic (exact) mass is 458 g/mol. The first-order valence-electron chi connectivity index (χ1n) is 9.82. The highest BCUT2D eigenvalue weighted by molar-refractivity contribution is 7.88. The van der Waals surface area contributed by atoms with Crippen molar-refractivity contribution in [1.29, 1.82) is 0 Å². The fraction of sp³-hybridized carbons (Fsp3) is 0.227. The molecule has 0 spiro atoms. The van der Waals surface area contributed by atoms with E-state index in [1.54, 1.807) is 43.3 Å². The van der Waals surface area contributed by atoms with Crippen LogP contribution < -0.4 is 10.0 Å². The third-order valence-electron chi connectivity index (χ3n) is 4.49. The number of carbonyl (C=O) groups excluding carboxylic acids is 1. The maximum Gasteiger partial charge on any atom is 0.227 e. The molecule has 1 aromatic heterocycles. The summed E-state index contributed by atoms with van der Waals surface area (Å²) in [5, 5.41) is 6.62. The molecule has 0 aliphatic carbocycles. The van der Waals surface area contributed by atoms with Gasteiger partial charge in [0.05, 0.1) is 5.75 Å². The Morgan fingerprint density at radius 1 is 1.22 bits per heavy atom. The zero-order valence-corrected chi connectivity index (χ0v) is 18.3. The van der Waals surface area contributed by atoms with Gasteiger partial charge in [0, 0.05) is 30.6 Å². The molecule has 0 unspecified atom stereocenters. The van der Waals surface area contributed by atoms with E-state index >= 15 is 0 Å². The zero-order valence-electron chi connectivity index (χ0n) is 17.5. The average molecular weight is 459 g/mol. The van der Waals surface area contributed by atoms with Gasteiger partial charge in [-0.1, -0.05) is 23.4 Å². The number of halogens is 1. The SMILES string of the molecule is C=CCNS(=O)(=O)Cc1ccc(NC(=O)CCc2nc(-c3ccc(F)c(C)c3)no2)cc1. The number of carbonyl (C=O) groups is 1. The Hall–Kier alpha value is -3.37. The zero-order chi connectivity index (χ0) is 23.1. The van der Waals surface area contributed by atoms with Crippen molar-refractivity contribution in [3.63, 3.8) is 0 Å². The van der Waals surface area contributed by atoms with Crippen molar-refractivity contribution in [2.45, 2.75) is 25.5 Å². The Morgan fingerprint density at radius 2 is 1.97 bits per heavy atom. The Morgan fingerprint density at radius 3 is 2.66 bits per heavy atom. The van der Waals surface area contributed by atoms with Crippen molar-refractivity contribution < 1.29 is 22.1 Å². The van der Waals surface area contributed by atoms with Crippen LogP contribution in [0.3, 0.4) is 0 Å². The number of hydrogen-bond acceptors (Lipinski definition) is 6. The molecule has 0 atom stereocenters. The van der Waals surface area contributed by atoms with Gasteiger partial charge in [-0.15, -0.1) is 6.58 Å². The van der Waals surface area contributed by atoms with Crippen molar-refractivity contribution in [3.8, 4) is 11.4 Å². The second-order valence-corrected chi connectivity index (χ2v) is 8.92. The molecule has 1 amide bonds. The van der Waals surface area contributed by atoms with Crippen LogP contribution in [0.5, 0.6) is 0 Å². The van der Waals surface area contributed by atoms with Gasteiger partial charge in [0.15, 0.2) is 0 Å². The van der Waals surface area contributed by atoms with Gasteiger partial charge in [0.1, 0.15) is 5.82 Å². The summed E-state index contributed by atoms with van der Waals surface area (Å²) < 4.78 is 44.8. The lowest BCUT2D eigenvalue weighted by Crippen LogP contribution is -2.25. The van der Waals surface area contributed by atoms with Gasteiger partial charge in [-0.2, -0.15) is 4.98 Å². The van der Waals surface area contributed by atoms with Gasteiger partial charge < -0.3 is 9.84 Å². The van der Waals surface area contributed by atoms with Crippen LogP contribution in [0.1, 0.15) is 23.4 Å². The molecule has 8 nitrogen and oxygen atoms in total. The van der Waals surface area contributed by atoms with E-state index < -0.39 is 10.0 Å². The lowest BCUT2D eigenvalue weighted by atomic mass is 10.1. The lowest BCUT2D eigenvalue weighted by Gasteiger charge is -2.07. The molecule has 0 fully saturated rings. The highest BCUT2D eigenvalue weighted by atomic mass is 32.2. The van der Waals surface area contributed by atoms with Crippen LogP contribution in [0.4, 0.5) is 10.1 Å². The molecule has 0 aliphatic heterocycles. The number of rotatable bonds is 10. The third kappa shape index (κ3) is 6.56. The second kappa shape index (κ2) is 10.3. The molecule has 2 N–H and O–H groups in total. The largest absolute Gasteiger partial charge is 0.339 e. The molecule has 3 rings (SSSR count). The molecule has 10 heteroatoms. The summed E-state index contributed by atoms with van der Waals surface area (Å²) in [7, 11) is -3.45. The minimum atomic E-state index is -3.45. The van der Waals surface area contributed by atoms with E-state index in [9.17, 15) is 17.6 Å². The quantitative estimate of drug-likeness (QED) is 0.450. The molecule has 168 valence electrons. The maximum absolute atomic E-state index is 13.4. The summed E-state index contributed by atoms with van der Waals surface area (Å²) in [5.74, 6) is -0.104. The van der Waals surface area contributed by atoms with Gasteiger partial charge in [0.25, 0.3) is 0 Å². The number of aromatic nitrogens is 2. The number of anilines is 1. The number of aryl methyl sites for hydroxylation is 2. The third-order valence-corrected chi connectivity index (χ3v) is 5.81. The number of nitrogens with one attached hydrogen (secondary N) is 2. The standard InChI is InChI=1S/C22H23FN4O4S/c1-3-12-24-32(29,30)14-16-4-7-18(8-5-16)25-20(28)10-11-21-26-22(27-31-21)17-6-9-19(23)15(2)13-17/h3-9,13,24H,1,10-12,14H2,2H3,(H,25,28). The molecule has 0 radical (unpaired) electrons. The normalized spacial score (nSPS) is 11.3. The molecule has 0 saturated heterocycles. The number of nitrogens with zero attached hydrogens (tertiary/aromatic N) is 2. The molecule has 0 bridgehead atoms. The molecule has 3 aromatic rings. The smallest absolute Gasteiger partial charge is 0.227 e. The van der Waals surface area contributed by atoms with Crippen molar-refractivity contribution in [1.82, 2.24) is 14.9 Å². The number of sulfonamides is 1. The van der Waals surface area contributed by atoms with Gasteiger partial charge >= 0.3 is 0 Å². The molecular weight excluding hydrogens is 435 g/mol. The van der Waals surface area contributed by atoms with Crippen molar-refractivity contribution in [3.05, 3.63) is 78.0 Å². The Kier molecular flexibility index (Phi) is 7.49. The first kappa shape index (κ1) is 23.3. The molecular formula is C22H23FN4O4S. The lowest BCUT2D eigenvalue weighted by molar-refractivity contribution is -0.116. The summed E-state index contributed by atoms with van der Waals surface area (Å²) in [4.78, 5) is 16.5. The van der Waals surface area contributed by atoms with Crippen molar-refractivity contribution in [2.24, 2.45) is 0 Å². The van der Waals surface area contributed by atoms with Gasteiger partial charge in [-0.3, -0.25) is 4.79 Å². The van der Waals surface area contributed by atoms with Gasteiger partial charge in [-0.05, 0) is 48.4 Å². The van der Waals surface area contributed by atoms with E-state index in [4.69, 9.17) is 4.52 Å². The minimum Gasteiger partial charge on any atom is -0.339 e. The van der Waals surface area contributed by atoms with E-state index in [2.05, 4.69) is 26.8 Å². The molecule has 1 heterocycles. The maximum atomic E-state index is 13.4. The summed E-state index contributed by atoms with van der Waals surface area (Å²) in [6, 6.07) is 11.1. The van der Waals surface area contributed by atoms with E-state index in [1.165, 1.54) is 12.1 Å². The fourth-order valence-electron chi connectivity index (χ4n) is 2.84. The van der Waals surface area contributed by atoms with Crippen LogP contribution in [0, 0.1) is 12.7 Å². The Bertz CT molecular complexity index is 1210. The predicted octanol–water partition coefficient (Wildman–Crippen LogP) is 3.36. The van der Waals surface area contributed by atoms with Crippen LogP contribution in [-0.2, 0) is 27.0 Å². The van der Waals surface area contributed by atoms with E-state index in [1.807, 2.05) is 0 Å². The van der Waals surface area contributed by atoms with Gasteiger partial charge in [-0.25, -0.2) is 17.5 Å². The summed E-state index contributed by atoms with van der Waals surface area (Å²) >= 11 is 0. The molecule has 32 heavy (non-hydrogen) atoms. The van der Waals surface area contributed by atoms with Crippen LogP contribution in [0.25, 0.3) is 11.4 Å². The second-order valence-electron chi connectivity index (χ2n) is 7.12. The molecule has 2 aromatic carbocycles. The van der Waals surface area contributed by atoms with Crippen LogP contribution in [0.2, 0.25) is 0 Å². The summed E-state index contributed by atoms with van der Waals surface area (Å²) in [6.07, 6.45) is 1.82. The number of amides is 1. The van der Waals surface area contributed by atoms with Crippen LogP contribution in [-0.4, -0.2) is 31.0 Å². The Labute approximate surface area is 185 Å². The molecule has 0 aliphatic rings. The number of hydrogen-bond donors (Lipinski definition) is 2. The molecule has 0 saturated carbocycles. The highest BCUT2D eigenvalue weighted by Crippen LogP contribution is 2.19. The minimum absolute atomic E-state index is 0.117.